The smallest absolute Gasteiger partial charge is 0.237 e. The van der Waals surface area contributed by atoms with Crippen molar-refractivity contribution in [2.24, 2.45) is 5.92 Å². The Balaban J connectivity index is 1.47. The van der Waals surface area contributed by atoms with Crippen LogP contribution in [0.1, 0.15) is 52.4 Å². The molecule has 3 fully saturated rings. The second kappa shape index (κ2) is 7.31. The summed E-state index contributed by atoms with van der Waals surface area (Å²) in [4.78, 5) is 20.0. The average Bonchev–Trinajstić information content (AvgIpc) is 3.15. The predicted molar refractivity (Wildman–Crippen MR) is 89.8 cm³/mol. The molecule has 0 atom stereocenters. The Labute approximate surface area is 135 Å². The lowest BCUT2D eigenvalue weighted by Crippen LogP contribution is -2.52. The van der Waals surface area contributed by atoms with Gasteiger partial charge in [-0.05, 0) is 31.6 Å². The fraction of sp³-hybridized carbons (Fsp3) is 0.944. The minimum Gasteiger partial charge on any atom is -0.336 e. The molecule has 4 heteroatoms. The van der Waals surface area contributed by atoms with Crippen LogP contribution in [0, 0.1) is 5.92 Å². The summed E-state index contributed by atoms with van der Waals surface area (Å²) in [6.07, 6.45) is 7.59. The van der Waals surface area contributed by atoms with Gasteiger partial charge < -0.3 is 9.80 Å². The highest BCUT2D eigenvalue weighted by Crippen LogP contribution is 2.34. The van der Waals surface area contributed by atoms with Crippen LogP contribution in [0.2, 0.25) is 0 Å². The standard InChI is InChI=1S/C18H33N3O/c1-15(2)13-19-9-11-20(12-10-19)14-18(22)21(17-7-8-17)16-5-3-4-6-16/h15-17H,3-14H2,1-2H3. The lowest BCUT2D eigenvalue weighted by atomic mass is 10.2. The van der Waals surface area contributed by atoms with Crippen LogP contribution < -0.4 is 0 Å². The minimum absolute atomic E-state index is 0.409. The van der Waals surface area contributed by atoms with Crippen molar-refractivity contribution >= 4 is 5.91 Å². The molecule has 0 unspecified atom stereocenters. The Kier molecular flexibility index (Phi) is 5.40. The summed E-state index contributed by atoms with van der Waals surface area (Å²) in [5, 5.41) is 0. The van der Waals surface area contributed by atoms with Gasteiger partial charge in [0.2, 0.25) is 5.91 Å². The molecule has 1 amide bonds. The normalized spacial score (nSPS) is 25.0. The van der Waals surface area contributed by atoms with E-state index in [0.29, 0.717) is 24.5 Å². The molecular formula is C18H33N3O. The molecule has 0 radical (unpaired) electrons. The molecule has 1 saturated heterocycles. The fourth-order valence-corrected chi connectivity index (χ4v) is 4.16. The number of piperazine rings is 1. The Bertz CT molecular complexity index is 367. The van der Waals surface area contributed by atoms with Crippen LogP contribution >= 0.6 is 0 Å². The van der Waals surface area contributed by atoms with E-state index >= 15 is 0 Å². The Hall–Kier alpha value is -0.610. The van der Waals surface area contributed by atoms with Crippen molar-refractivity contribution in [2.45, 2.75) is 64.5 Å². The summed E-state index contributed by atoms with van der Waals surface area (Å²) in [6, 6.07) is 1.14. The summed E-state index contributed by atoms with van der Waals surface area (Å²) in [5.41, 5.74) is 0. The molecule has 0 aromatic carbocycles. The number of nitrogens with zero attached hydrogens (tertiary/aromatic N) is 3. The molecule has 0 aromatic rings. The van der Waals surface area contributed by atoms with Gasteiger partial charge in [-0.3, -0.25) is 9.69 Å². The van der Waals surface area contributed by atoms with Crippen LogP contribution in [-0.2, 0) is 4.79 Å². The van der Waals surface area contributed by atoms with Crippen molar-refractivity contribution in [1.82, 2.24) is 14.7 Å². The van der Waals surface area contributed by atoms with Gasteiger partial charge in [0.25, 0.3) is 0 Å². The first-order valence-corrected chi connectivity index (χ1v) is 9.39. The molecule has 4 nitrogen and oxygen atoms in total. The monoisotopic (exact) mass is 307 g/mol. The number of hydrogen-bond donors (Lipinski definition) is 0. The second-order valence-electron chi connectivity index (χ2n) is 7.94. The summed E-state index contributed by atoms with van der Waals surface area (Å²) in [5.74, 6) is 1.15. The molecule has 2 saturated carbocycles. The van der Waals surface area contributed by atoms with Crippen molar-refractivity contribution in [1.29, 1.82) is 0 Å². The molecule has 1 heterocycles. The second-order valence-corrected chi connectivity index (χ2v) is 7.94. The molecule has 0 bridgehead atoms. The van der Waals surface area contributed by atoms with Crippen molar-refractivity contribution in [3.05, 3.63) is 0 Å². The maximum atomic E-state index is 12.8. The van der Waals surface area contributed by atoms with E-state index in [1.54, 1.807) is 0 Å². The Morgan fingerprint density at radius 3 is 2.05 bits per heavy atom. The van der Waals surface area contributed by atoms with Gasteiger partial charge in [-0.15, -0.1) is 0 Å². The summed E-state index contributed by atoms with van der Waals surface area (Å²) < 4.78 is 0. The highest BCUT2D eigenvalue weighted by atomic mass is 16.2. The third kappa shape index (κ3) is 4.23. The topological polar surface area (TPSA) is 26.8 Å². The average molecular weight is 307 g/mol. The maximum absolute atomic E-state index is 12.8. The van der Waals surface area contributed by atoms with Crippen LogP contribution in [-0.4, -0.2) is 72.0 Å². The first kappa shape index (κ1) is 16.3. The molecule has 0 spiro atoms. The molecule has 1 aliphatic heterocycles. The van der Waals surface area contributed by atoms with Crippen molar-refractivity contribution in [2.75, 3.05) is 39.3 Å². The van der Waals surface area contributed by atoms with Gasteiger partial charge in [-0.1, -0.05) is 26.7 Å². The summed E-state index contributed by atoms with van der Waals surface area (Å²) in [6.45, 7) is 10.8. The summed E-state index contributed by atoms with van der Waals surface area (Å²) in [7, 11) is 0. The number of hydrogen-bond acceptors (Lipinski definition) is 3. The van der Waals surface area contributed by atoms with E-state index in [-0.39, 0.29) is 0 Å². The first-order valence-electron chi connectivity index (χ1n) is 9.39. The summed E-state index contributed by atoms with van der Waals surface area (Å²) >= 11 is 0. The van der Waals surface area contributed by atoms with E-state index in [2.05, 4.69) is 28.5 Å². The third-order valence-corrected chi connectivity index (χ3v) is 5.39. The lowest BCUT2D eigenvalue weighted by Gasteiger charge is -2.37. The van der Waals surface area contributed by atoms with Crippen LogP contribution in [0.15, 0.2) is 0 Å². The van der Waals surface area contributed by atoms with Gasteiger partial charge in [0.15, 0.2) is 0 Å². The maximum Gasteiger partial charge on any atom is 0.237 e. The molecule has 2 aliphatic carbocycles. The SMILES string of the molecule is CC(C)CN1CCN(CC(=O)N(C2CCCC2)C2CC2)CC1. The Morgan fingerprint density at radius 1 is 0.955 bits per heavy atom. The minimum atomic E-state index is 0.409. The fourth-order valence-electron chi connectivity index (χ4n) is 4.16. The van der Waals surface area contributed by atoms with Gasteiger partial charge >= 0.3 is 0 Å². The van der Waals surface area contributed by atoms with Crippen molar-refractivity contribution in [3.8, 4) is 0 Å². The van der Waals surface area contributed by atoms with Crippen LogP contribution in [0.5, 0.6) is 0 Å². The molecular weight excluding hydrogens is 274 g/mol. The number of carbonyl (C=O) groups is 1. The molecule has 22 heavy (non-hydrogen) atoms. The van der Waals surface area contributed by atoms with E-state index in [9.17, 15) is 4.79 Å². The Morgan fingerprint density at radius 2 is 1.50 bits per heavy atom. The van der Waals surface area contributed by atoms with Gasteiger partial charge in [-0.25, -0.2) is 0 Å². The van der Waals surface area contributed by atoms with Gasteiger partial charge in [0, 0.05) is 44.8 Å². The molecule has 126 valence electrons. The molecule has 3 aliphatic rings. The highest BCUT2D eigenvalue weighted by Gasteiger charge is 2.38. The van der Waals surface area contributed by atoms with Crippen LogP contribution in [0.25, 0.3) is 0 Å². The number of amides is 1. The van der Waals surface area contributed by atoms with Gasteiger partial charge in [-0.2, -0.15) is 0 Å². The third-order valence-electron chi connectivity index (χ3n) is 5.39. The van der Waals surface area contributed by atoms with Gasteiger partial charge in [0.05, 0.1) is 6.54 Å². The van der Waals surface area contributed by atoms with Crippen LogP contribution in [0.3, 0.4) is 0 Å². The molecule has 0 N–H and O–H groups in total. The molecule has 3 rings (SSSR count). The zero-order chi connectivity index (χ0) is 15.5. The lowest BCUT2D eigenvalue weighted by molar-refractivity contribution is -0.135. The zero-order valence-corrected chi connectivity index (χ0v) is 14.5. The van der Waals surface area contributed by atoms with E-state index in [1.165, 1.54) is 45.1 Å². The van der Waals surface area contributed by atoms with Crippen molar-refractivity contribution in [3.63, 3.8) is 0 Å². The first-order chi connectivity index (χ1) is 10.6. The van der Waals surface area contributed by atoms with E-state index in [0.717, 1.165) is 32.1 Å². The van der Waals surface area contributed by atoms with E-state index < -0.39 is 0 Å². The number of rotatable bonds is 6. The highest BCUT2D eigenvalue weighted by molar-refractivity contribution is 5.79. The van der Waals surface area contributed by atoms with Gasteiger partial charge in [0.1, 0.15) is 0 Å². The predicted octanol–water partition coefficient (Wildman–Crippen LogP) is 2.19. The van der Waals surface area contributed by atoms with E-state index in [1.807, 2.05) is 0 Å². The largest absolute Gasteiger partial charge is 0.336 e. The van der Waals surface area contributed by atoms with E-state index in [4.69, 9.17) is 0 Å². The number of carbonyl (C=O) groups excluding carboxylic acids is 1. The molecule has 0 aromatic heterocycles. The quantitative estimate of drug-likeness (QED) is 0.752. The van der Waals surface area contributed by atoms with Crippen molar-refractivity contribution < 1.29 is 4.79 Å². The van der Waals surface area contributed by atoms with Crippen LogP contribution in [0.4, 0.5) is 0 Å². The zero-order valence-electron chi connectivity index (χ0n) is 14.5.